The molecule has 2 heterocycles. The van der Waals surface area contributed by atoms with Crippen LogP contribution in [0.15, 0.2) is 24.3 Å². The molecule has 2 aromatic rings. The molecule has 7 nitrogen and oxygen atoms in total. The first-order valence-electron chi connectivity index (χ1n) is 6.44. The highest BCUT2D eigenvalue weighted by atomic mass is 19.1. The normalized spacial score (nSPS) is 13.5. The van der Waals surface area contributed by atoms with Gasteiger partial charge in [-0.05, 0) is 31.2 Å². The van der Waals surface area contributed by atoms with Crippen molar-refractivity contribution in [3.05, 3.63) is 47.0 Å². The van der Waals surface area contributed by atoms with Crippen LogP contribution < -0.4 is 4.90 Å². The van der Waals surface area contributed by atoms with Gasteiger partial charge in [-0.3, -0.25) is 14.7 Å². The van der Waals surface area contributed by atoms with Crippen molar-refractivity contribution in [1.82, 2.24) is 10.2 Å². The van der Waals surface area contributed by atoms with E-state index in [1.807, 2.05) is 0 Å². The largest absolute Gasteiger partial charge is 0.461 e. The molecule has 0 bridgehead atoms. The van der Waals surface area contributed by atoms with Gasteiger partial charge in [-0.2, -0.15) is 5.10 Å². The molecule has 22 heavy (non-hydrogen) atoms. The van der Waals surface area contributed by atoms with E-state index in [0.717, 1.165) is 17.0 Å². The third-order valence-electron chi connectivity index (χ3n) is 3.15. The lowest BCUT2D eigenvalue weighted by Gasteiger charge is -2.13. The number of nitrogens with zero attached hydrogens (tertiary/aromatic N) is 2. The highest BCUT2D eigenvalue weighted by Crippen LogP contribution is 2.29. The molecular formula is C14H10FN3O4. The number of benzene rings is 1. The van der Waals surface area contributed by atoms with Crippen molar-refractivity contribution in [3.8, 4) is 0 Å². The van der Waals surface area contributed by atoms with Crippen molar-refractivity contribution in [2.24, 2.45) is 0 Å². The molecule has 0 spiro atoms. The summed E-state index contributed by atoms with van der Waals surface area (Å²) < 4.78 is 17.8. The summed E-state index contributed by atoms with van der Waals surface area (Å²) in [6, 6.07) is 4.85. The van der Waals surface area contributed by atoms with Crippen LogP contribution in [-0.4, -0.2) is 34.6 Å². The van der Waals surface area contributed by atoms with E-state index in [0.29, 0.717) is 0 Å². The second kappa shape index (κ2) is 5.06. The number of carbonyl (C=O) groups is 3. The van der Waals surface area contributed by atoms with Gasteiger partial charge in [-0.1, -0.05) is 0 Å². The van der Waals surface area contributed by atoms with E-state index in [-0.39, 0.29) is 29.2 Å². The molecule has 0 atom stereocenters. The van der Waals surface area contributed by atoms with Crippen LogP contribution in [0, 0.1) is 5.82 Å². The molecule has 112 valence electrons. The van der Waals surface area contributed by atoms with E-state index in [1.165, 1.54) is 12.1 Å². The van der Waals surface area contributed by atoms with Crippen LogP contribution in [0.2, 0.25) is 0 Å². The number of hydrogen-bond acceptors (Lipinski definition) is 5. The van der Waals surface area contributed by atoms with E-state index >= 15 is 0 Å². The Balaban J connectivity index is 2.02. The van der Waals surface area contributed by atoms with Crippen molar-refractivity contribution in [1.29, 1.82) is 0 Å². The van der Waals surface area contributed by atoms with Crippen LogP contribution in [0.5, 0.6) is 0 Å². The molecule has 1 aliphatic rings. The number of rotatable bonds is 3. The lowest BCUT2D eigenvalue weighted by Crippen LogP contribution is -2.30. The van der Waals surface area contributed by atoms with Crippen LogP contribution in [-0.2, 0) is 4.74 Å². The maximum atomic E-state index is 13.0. The maximum absolute atomic E-state index is 13.0. The number of anilines is 1. The molecule has 0 saturated carbocycles. The van der Waals surface area contributed by atoms with Gasteiger partial charge in [0, 0.05) is 0 Å². The van der Waals surface area contributed by atoms with E-state index in [4.69, 9.17) is 4.74 Å². The highest BCUT2D eigenvalue weighted by Gasteiger charge is 2.43. The Morgan fingerprint density at radius 2 is 1.95 bits per heavy atom. The molecule has 0 fully saturated rings. The van der Waals surface area contributed by atoms with Crippen molar-refractivity contribution < 1.29 is 23.5 Å². The third-order valence-corrected chi connectivity index (χ3v) is 3.15. The zero-order chi connectivity index (χ0) is 15.9. The summed E-state index contributed by atoms with van der Waals surface area (Å²) in [7, 11) is 0. The molecular weight excluding hydrogens is 293 g/mol. The standard InChI is InChI=1S/C14H10FN3O4/c1-2-22-14(21)11-9-10(16-17-11)13(20)18(12(9)19)8-5-3-7(15)4-6-8/h3-6H,2H2,1H3,(H,16,17). The Bertz CT molecular complexity index is 782. The first-order valence-corrected chi connectivity index (χ1v) is 6.44. The summed E-state index contributed by atoms with van der Waals surface area (Å²) in [5.74, 6) is -2.64. The molecule has 2 amide bonds. The van der Waals surface area contributed by atoms with E-state index in [9.17, 15) is 18.8 Å². The first-order chi connectivity index (χ1) is 10.5. The van der Waals surface area contributed by atoms with E-state index < -0.39 is 23.6 Å². The van der Waals surface area contributed by atoms with Gasteiger partial charge in [-0.25, -0.2) is 14.1 Å². The molecule has 8 heteroatoms. The lowest BCUT2D eigenvalue weighted by atomic mass is 10.2. The van der Waals surface area contributed by atoms with Crippen LogP contribution in [0.3, 0.4) is 0 Å². The molecule has 0 aliphatic carbocycles. The Morgan fingerprint density at radius 1 is 1.27 bits per heavy atom. The minimum absolute atomic E-state index is 0.121. The second-order valence-electron chi connectivity index (χ2n) is 4.46. The maximum Gasteiger partial charge on any atom is 0.357 e. The fourth-order valence-corrected chi connectivity index (χ4v) is 2.19. The van der Waals surface area contributed by atoms with Crippen LogP contribution in [0.1, 0.15) is 38.3 Å². The molecule has 0 radical (unpaired) electrons. The Morgan fingerprint density at radius 3 is 2.59 bits per heavy atom. The van der Waals surface area contributed by atoms with Crippen molar-refractivity contribution >= 4 is 23.5 Å². The topological polar surface area (TPSA) is 92.4 Å². The minimum Gasteiger partial charge on any atom is -0.461 e. The molecule has 1 aromatic heterocycles. The minimum atomic E-state index is -0.765. The summed E-state index contributed by atoms with van der Waals surface area (Å²) in [5, 5.41) is 6.06. The number of H-pyrrole nitrogens is 1. The smallest absolute Gasteiger partial charge is 0.357 e. The summed E-state index contributed by atoms with van der Waals surface area (Å²) >= 11 is 0. The zero-order valence-corrected chi connectivity index (χ0v) is 11.4. The number of hydrogen-bond donors (Lipinski definition) is 1. The second-order valence-corrected chi connectivity index (χ2v) is 4.46. The monoisotopic (exact) mass is 303 g/mol. The molecule has 3 rings (SSSR count). The number of fused-ring (bicyclic) bond motifs is 1. The average molecular weight is 303 g/mol. The number of ether oxygens (including phenoxy) is 1. The number of amides is 2. The number of esters is 1. The van der Waals surface area contributed by atoms with Gasteiger partial charge in [0.2, 0.25) is 0 Å². The summed E-state index contributed by atoms with van der Waals surface area (Å²) in [5.41, 5.74) is -0.255. The van der Waals surface area contributed by atoms with Gasteiger partial charge in [0.15, 0.2) is 11.4 Å². The van der Waals surface area contributed by atoms with Gasteiger partial charge >= 0.3 is 5.97 Å². The molecule has 1 aliphatic heterocycles. The van der Waals surface area contributed by atoms with Gasteiger partial charge in [0.1, 0.15) is 11.4 Å². The summed E-state index contributed by atoms with van der Waals surface area (Å²) in [4.78, 5) is 37.3. The Hall–Kier alpha value is -3.03. The number of halogens is 1. The average Bonchev–Trinajstić information content (AvgIpc) is 3.03. The highest BCUT2D eigenvalue weighted by molar-refractivity contribution is 6.35. The van der Waals surface area contributed by atoms with E-state index in [1.54, 1.807) is 6.92 Å². The zero-order valence-electron chi connectivity index (χ0n) is 11.4. The van der Waals surface area contributed by atoms with Crippen LogP contribution in [0.25, 0.3) is 0 Å². The predicted octanol–water partition coefficient (Wildman–Crippen LogP) is 1.53. The van der Waals surface area contributed by atoms with Gasteiger partial charge in [-0.15, -0.1) is 0 Å². The number of carbonyl (C=O) groups excluding carboxylic acids is 3. The van der Waals surface area contributed by atoms with Gasteiger partial charge in [0.25, 0.3) is 11.8 Å². The number of aromatic amines is 1. The predicted molar refractivity (Wildman–Crippen MR) is 72.1 cm³/mol. The molecule has 1 aromatic carbocycles. The quantitative estimate of drug-likeness (QED) is 0.685. The fourth-order valence-electron chi connectivity index (χ4n) is 2.19. The van der Waals surface area contributed by atoms with Crippen LogP contribution in [0.4, 0.5) is 10.1 Å². The first kappa shape index (κ1) is 13.9. The van der Waals surface area contributed by atoms with Gasteiger partial charge < -0.3 is 4.74 Å². The lowest BCUT2D eigenvalue weighted by molar-refractivity contribution is 0.0516. The molecule has 1 N–H and O–H groups in total. The number of aromatic nitrogens is 2. The van der Waals surface area contributed by atoms with Crippen molar-refractivity contribution in [2.75, 3.05) is 11.5 Å². The van der Waals surface area contributed by atoms with Gasteiger partial charge in [0.05, 0.1) is 12.3 Å². The third kappa shape index (κ3) is 1.96. The SMILES string of the molecule is CCOC(=O)c1[nH]nc2c1C(=O)N(c1ccc(F)cc1)C2=O. The van der Waals surface area contributed by atoms with Crippen LogP contribution >= 0.6 is 0 Å². The summed E-state index contributed by atoms with van der Waals surface area (Å²) in [6.45, 7) is 1.74. The van der Waals surface area contributed by atoms with Crippen molar-refractivity contribution in [2.45, 2.75) is 6.92 Å². The molecule has 0 saturated heterocycles. The fraction of sp³-hybridized carbons (Fsp3) is 0.143. The Kier molecular flexibility index (Phi) is 3.21. The number of nitrogens with one attached hydrogen (secondary N) is 1. The Labute approximate surface area is 123 Å². The number of imide groups is 1. The summed E-state index contributed by atoms with van der Waals surface area (Å²) in [6.07, 6.45) is 0. The van der Waals surface area contributed by atoms with E-state index in [2.05, 4.69) is 10.2 Å². The molecule has 0 unspecified atom stereocenters. The van der Waals surface area contributed by atoms with Crippen molar-refractivity contribution in [3.63, 3.8) is 0 Å².